The first-order valence-corrected chi connectivity index (χ1v) is 6.47. The minimum atomic E-state index is -0.562. The van der Waals surface area contributed by atoms with Gasteiger partial charge in [-0.15, -0.1) is 0 Å². The molecule has 0 fully saturated rings. The number of hydrogen-bond donors (Lipinski definition) is 3. The van der Waals surface area contributed by atoms with Gasteiger partial charge in [0.05, 0.1) is 11.3 Å². The van der Waals surface area contributed by atoms with E-state index in [0.717, 1.165) is 5.56 Å². The van der Waals surface area contributed by atoms with Crippen molar-refractivity contribution in [2.75, 3.05) is 0 Å². The third-order valence-electron chi connectivity index (χ3n) is 2.81. The molecule has 0 aliphatic carbocycles. The van der Waals surface area contributed by atoms with Crippen molar-refractivity contribution in [3.8, 4) is 11.5 Å². The van der Waals surface area contributed by atoms with Crippen LogP contribution in [0.2, 0.25) is 5.02 Å². The van der Waals surface area contributed by atoms with Gasteiger partial charge >= 0.3 is 0 Å². The summed E-state index contributed by atoms with van der Waals surface area (Å²) in [6.07, 6.45) is 0. The van der Waals surface area contributed by atoms with E-state index in [1.165, 1.54) is 30.3 Å². The standard InChI is InChI=1S/C15H13ClN2O3/c1-9(10-2-5-12(19)6-3-10)17-18-15(21)13-8-11(16)4-7-14(13)20/h2-8,19-20H,1H3,(H,18,21)/b17-9-. The van der Waals surface area contributed by atoms with E-state index < -0.39 is 5.91 Å². The molecule has 0 unspecified atom stereocenters. The molecule has 6 heteroatoms. The largest absolute Gasteiger partial charge is 0.508 e. The molecule has 5 nitrogen and oxygen atoms in total. The van der Waals surface area contributed by atoms with Crippen LogP contribution in [-0.4, -0.2) is 21.8 Å². The quantitative estimate of drug-likeness (QED) is 0.602. The van der Waals surface area contributed by atoms with E-state index >= 15 is 0 Å². The van der Waals surface area contributed by atoms with E-state index in [-0.39, 0.29) is 17.1 Å². The second kappa shape index (κ2) is 6.28. The van der Waals surface area contributed by atoms with Gasteiger partial charge in [0, 0.05) is 5.02 Å². The minimum absolute atomic E-state index is 0.0461. The van der Waals surface area contributed by atoms with Crippen molar-refractivity contribution in [2.45, 2.75) is 6.92 Å². The first-order valence-electron chi connectivity index (χ1n) is 6.10. The smallest absolute Gasteiger partial charge is 0.275 e. The maximum Gasteiger partial charge on any atom is 0.275 e. The van der Waals surface area contributed by atoms with Crippen LogP contribution in [0.25, 0.3) is 0 Å². The van der Waals surface area contributed by atoms with Crippen molar-refractivity contribution >= 4 is 23.2 Å². The number of nitrogens with zero attached hydrogens (tertiary/aromatic N) is 1. The highest BCUT2D eigenvalue weighted by molar-refractivity contribution is 6.31. The lowest BCUT2D eigenvalue weighted by atomic mass is 10.1. The first kappa shape index (κ1) is 14.9. The van der Waals surface area contributed by atoms with Crippen molar-refractivity contribution < 1.29 is 15.0 Å². The summed E-state index contributed by atoms with van der Waals surface area (Å²) < 4.78 is 0. The number of amides is 1. The van der Waals surface area contributed by atoms with Crippen LogP contribution in [0.3, 0.4) is 0 Å². The van der Waals surface area contributed by atoms with Crippen molar-refractivity contribution in [2.24, 2.45) is 5.10 Å². The van der Waals surface area contributed by atoms with Crippen molar-refractivity contribution in [3.63, 3.8) is 0 Å². The summed E-state index contributed by atoms with van der Waals surface area (Å²) in [7, 11) is 0. The molecular weight excluding hydrogens is 292 g/mol. The fraction of sp³-hybridized carbons (Fsp3) is 0.0667. The topological polar surface area (TPSA) is 81.9 Å². The van der Waals surface area contributed by atoms with Crippen LogP contribution >= 0.6 is 11.6 Å². The number of aromatic hydroxyl groups is 2. The summed E-state index contributed by atoms with van der Waals surface area (Å²) in [5.74, 6) is -0.582. The molecule has 108 valence electrons. The number of nitrogens with one attached hydrogen (secondary N) is 1. The highest BCUT2D eigenvalue weighted by atomic mass is 35.5. The van der Waals surface area contributed by atoms with Crippen LogP contribution in [0.15, 0.2) is 47.6 Å². The van der Waals surface area contributed by atoms with Gasteiger partial charge in [0.25, 0.3) is 5.91 Å². The number of benzene rings is 2. The Bertz CT molecular complexity index is 697. The Labute approximate surface area is 126 Å². The SMILES string of the molecule is C/C(=N/NC(=O)c1cc(Cl)ccc1O)c1ccc(O)cc1. The molecule has 0 aromatic heterocycles. The van der Waals surface area contributed by atoms with E-state index in [0.29, 0.717) is 10.7 Å². The Morgan fingerprint density at radius 3 is 2.48 bits per heavy atom. The number of carbonyl (C=O) groups excluding carboxylic acids is 1. The number of rotatable bonds is 3. The summed E-state index contributed by atoms with van der Waals surface area (Å²) in [5, 5.41) is 23.1. The van der Waals surface area contributed by atoms with Gasteiger partial charge in [-0.2, -0.15) is 5.10 Å². The fourth-order valence-electron chi connectivity index (χ4n) is 1.65. The van der Waals surface area contributed by atoms with Crippen LogP contribution < -0.4 is 5.43 Å². The summed E-state index contributed by atoms with van der Waals surface area (Å²) in [5.41, 5.74) is 3.71. The lowest BCUT2D eigenvalue weighted by Gasteiger charge is -2.05. The molecule has 3 N–H and O–H groups in total. The Balaban J connectivity index is 2.14. The molecule has 0 heterocycles. The molecule has 1 amide bonds. The van der Waals surface area contributed by atoms with E-state index in [2.05, 4.69) is 10.5 Å². The van der Waals surface area contributed by atoms with Crippen molar-refractivity contribution in [3.05, 3.63) is 58.6 Å². The number of carbonyl (C=O) groups is 1. The summed E-state index contributed by atoms with van der Waals surface area (Å²) in [4.78, 5) is 11.9. The van der Waals surface area contributed by atoms with Crippen LogP contribution in [-0.2, 0) is 0 Å². The Kier molecular flexibility index (Phi) is 4.45. The molecule has 0 saturated heterocycles. The average molecular weight is 305 g/mol. The lowest BCUT2D eigenvalue weighted by molar-refractivity contribution is 0.0952. The van der Waals surface area contributed by atoms with Gasteiger partial charge in [0.1, 0.15) is 11.5 Å². The van der Waals surface area contributed by atoms with E-state index in [1.807, 2.05) is 0 Å². The van der Waals surface area contributed by atoms with Gasteiger partial charge in [-0.3, -0.25) is 4.79 Å². The second-order valence-electron chi connectivity index (χ2n) is 4.35. The molecule has 0 aliphatic rings. The highest BCUT2D eigenvalue weighted by Crippen LogP contribution is 2.21. The van der Waals surface area contributed by atoms with Crippen molar-refractivity contribution in [1.29, 1.82) is 0 Å². The van der Waals surface area contributed by atoms with Crippen LogP contribution in [0.1, 0.15) is 22.8 Å². The number of hydrazone groups is 1. The zero-order valence-corrected chi connectivity index (χ0v) is 11.9. The van der Waals surface area contributed by atoms with Gasteiger partial charge in [-0.25, -0.2) is 5.43 Å². The second-order valence-corrected chi connectivity index (χ2v) is 4.78. The summed E-state index contributed by atoms with van der Waals surface area (Å²) >= 11 is 5.78. The molecule has 0 spiro atoms. The molecule has 0 aliphatic heterocycles. The molecule has 2 aromatic rings. The van der Waals surface area contributed by atoms with Gasteiger partial charge in [0.2, 0.25) is 0 Å². The van der Waals surface area contributed by atoms with E-state index in [1.54, 1.807) is 19.1 Å². The normalized spacial score (nSPS) is 11.2. The third-order valence-corrected chi connectivity index (χ3v) is 3.05. The van der Waals surface area contributed by atoms with Crippen LogP contribution in [0.4, 0.5) is 0 Å². The van der Waals surface area contributed by atoms with E-state index in [9.17, 15) is 15.0 Å². The maximum absolute atomic E-state index is 11.9. The first-order chi connectivity index (χ1) is 9.97. The molecule has 2 aromatic carbocycles. The van der Waals surface area contributed by atoms with Crippen molar-refractivity contribution in [1.82, 2.24) is 5.43 Å². The fourth-order valence-corrected chi connectivity index (χ4v) is 1.82. The van der Waals surface area contributed by atoms with Gasteiger partial charge in [-0.05, 0) is 55.0 Å². The molecule has 0 saturated carbocycles. The number of phenolic OH excluding ortho intramolecular Hbond substituents is 2. The van der Waals surface area contributed by atoms with Gasteiger partial charge < -0.3 is 10.2 Å². The highest BCUT2D eigenvalue weighted by Gasteiger charge is 2.11. The molecule has 0 radical (unpaired) electrons. The predicted molar refractivity (Wildman–Crippen MR) is 80.9 cm³/mol. The Hall–Kier alpha value is -2.53. The molecular formula is C15H13ClN2O3. The lowest BCUT2D eigenvalue weighted by Crippen LogP contribution is -2.19. The summed E-state index contributed by atoms with van der Waals surface area (Å²) in [6.45, 7) is 1.71. The average Bonchev–Trinajstić information content (AvgIpc) is 2.47. The summed E-state index contributed by atoms with van der Waals surface area (Å²) in [6, 6.07) is 10.6. The molecule has 2 rings (SSSR count). The number of phenols is 2. The maximum atomic E-state index is 11.9. The van der Waals surface area contributed by atoms with E-state index in [4.69, 9.17) is 11.6 Å². The third kappa shape index (κ3) is 3.73. The van der Waals surface area contributed by atoms with Crippen LogP contribution in [0, 0.1) is 0 Å². The zero-order valence-electron chi connectivity index (χ0n) is 11.2. The number of hydrogen-bond acceptors (Lipinski definition) is 4. The molecule has 0 atom stereocenters. The number of halogens is 1. The minimum Gasteiger partial charge on any atom is -0.508 e. The zero-order chi connectivity index (χ0) is 15.4. The Morgan fingerprint density at radius 1 is 1.14 bits per heavy atom. The molecule has 0 bridgehead atoms. The molecule has 21 heavy (non-hydrogen) atoms. The van der Waals surface area contributed by atoms with Gasteiger partial charge in [0.15, 0.2) is 0 Å². The Morgan fingerprint density at radius 2 is 1.81 bits per heavy atom. The predicted octanol–water partition coefficient (Wildman–Crippen LogP) is 2.91. The van der Waals surface area contributed by atoms with Gasteiger partial charge in [-0.1, -0.05) is 11.6 Å². The van der Waals surface area contributed by atoms with Crippen LogP contribution in [0.5, 0.6) is 11.5 Å². The monoisotopic (exact) mass is 304 g/mol.